The van der Waals surface area contributed by atoms with Gasteiger partial charge in [0.2, 0.25) is 0 Å². The highest BCUT2D eigenvalue weighted by Crippen LogP contribution is 2.38. The van der Waals surface area contributed by atoms with Gasteiger partial charge in [-0.25, -0.2) is 0 Å². The molecule has 1 unspecified atom stereocenters. The number of hydrogen-bond acceptors (Lipinski definition) is 0. The number of para-hydroxylation sites is 1. The van der Waals surface area contributed by atoms with Gasteiger partial charge < -0.3 is 4.57 Å². The van der Waals surface area contributed by atoms with E-state index in [0.29, 0.717) is 0 Å². The highest BCUT2D eigenvalue weighted by molar-refractivity contribution is 9.11. The normalized spacial score (nSPS) is 21.5. The van der Waals surface area contributed by atoms with E-state index in [1.54, 1.807) is 0 Å². The molecule has 0 saturated carbocycles. The summed E-state index contributed by atoms with van der Waals surface area (Å²) in [6.45, 7) is 8.40. The van der Waals surface area contributed by atoms with Crippen molar-refractivity contribution >= 4 is 39.0 Å². The van der Waals surface area contributed by atoms with Gasteiger partial charge in [-0.2, -0.15) is 0 Å². The van der Waals surface area contributed by atoms with Crippen LogP contribution in [0.5, 0.6) is 0 Å². The largest absolute Gasteiger partial charge is 0.331 e. The van der Waals surface area contributed by atoms with E-state index >= 15 is 0 Å². The first-order valence-corrected chi connectivity index (χ1v) is 8.34. The van der Waals surface area contributed by atoms with E-state index in [1.807, 2.05) is 6.08 Å². The lowest BCUT2D eigenvalue weighted by Gasteiger charge is -2.32. The number of aromatic nitrogens is 1. The molecule has 1 aromatic heterocycles. The molecule has 1 nitrogen and oxygen atoms in total. The summed E-state index contributed by atoms with van der Waals surface area (Å²) in [6.07, 6.45) is 13.8. The van der Waals surface area contributed by atoms with Crippen molar-refractivity contribution in [2.75, 3.05) is 0 Å². The summed E-state index contributed by atoms with van der Waals surface area (Å²) >= 11 is 3.56. The molecule has 1 aliphatic rings. The van der Waals surface area contributed by atoms with Crippen LogP contribution >= 0.6 is 15.9 Å². The standard InChI is InChI=1S/C20H20BrN/c1-4-8-16-17-9-6-7-10-19(17)22(18(16)5-2)20(3)13-11-15(21)12-14-20/h4-13H,2,14H2,1,3H3/b8-4-. The number of allylic oxidation sites excluding steroid dienone is 5. The number of benzene rings is 1. The second-order valence-corrected chi connectivity index (χ2v) is 6.75. The molecular formula is C20H20BrN. The molecule has 0 spiro atoms. The fraction of sp³-hybridized carbons (Fsp3) is 0.200. The Kier molecular flexibility index (Phi) is 3.96. The van der Waals surface area contributed by atoms with E-state index in [1.165, 1.54) is 22.2 Å². The summed E-state index contributed by atoms with van der Waals surface area (Å²) in [7, 11) is 0. The Morgan fingerprint density at radius 3 is 2.73 bits per heavy atom. The van der Waals surface area contributed by atoms with Crippen molar-refractivity contribution in [2.24, 2.45) is 0 Å². The van der Waals surface area contributed by atoms with Crippen LogP contribution < -0.4 is 0 Å². The minimum absolute atomic E-state index is 0.0831. The quantitative estimate of drug-likeness (QED) is 0.612. The Morgan fingerprint density at radius 2 is 2.09 bits per heavy atom. The van der Waals surface area contributed by atoms with Crippen molar-refractivity contribution in [3.05, 3.63) is 70.9 Å². The van der Waals surface area contributed by atoms with Crippen LogP contribution in [0.2, 0.25) is 0 Å². The maximum absolute atomic E-state index is 4.07. The average molecular weight is 354 g/mol. The molecule has 112 valence electrons. The molecule has 2 aromatic rings. The van der Waals surface area contributed by atoms with Crippen molar-refractivity contribution in [1.29, 1.82) is 0 Å². The monoisotopic (exact) mass is 353 g/mol. The zero-order valence-corrected chi connectivity index (χ0v) is 14.6. The highest BCUT2D eigenvalue weighted by atomic mass is 79.9. The maximum atomic E-state index is 4.07. The van der Waals surface area contributed by atoms with Gasteiger partial charge in [0.15, 0.2) is 0 Å². The fourth-order valence-corrected chi connectivity index (χ4v) is 3.54. The molecule has 22 heavy (non-hydrogen) atoms. The molecule has 3 rings (SSSR count). The topological polar surface area (TPSA) is 4.93 Å². The van der Waals surface area contributed by atoms with Crippen molar-refractivity contribution < 1.29 is 0 Å². The predicted octanol–water partition coefficient (Wildman–Crippen LogP) is 6.27. The first-order valence-electron chi connectivity index (χ1n) is 7.54. The molecule has 0 aliphatic heterocycles. The Labute approximate surface area is 140 Å². The first kappa shape index (κ1) is 15.1. The predicted molar refractivity (Wildman–Crippen MR) is 101 cm³/mol. The molecule has 1 aliphatic carbocycles. The number of fused-ring (bicyclic) bond motifs is 1. The highest BCUT2D eigenvalue weighted by Gasteiger charge is 2.29. The van der Waals surface area contributed by atoms with Crippen molar-refractivity contribution in [3.8, 4) is 0 Å². The molecule has 0 fully saturated rings. The third-order valence-electron chi connectivity index (χ3n) is 4.30. The molecule has 0 N–H and O–H groups in total. The Balaban J connectivity index is 2.34. The van der Waals surface area contributed by atoms with Crippen LogP contribution in [0.1, 0.15) is 31.5 Å². The summed E-state index contributed by atoms with van der Waals surface area (Å²) in [5, 5.41) is 1.28. The molecular weight excluding hydrogens is 334 g/mol. The fourth-order valence-electron chi connectivity index (χ4n) is 3.24. The van der Waals surface area contributed by atoms with Crippen LogP contribution in [0.15, 0.2) is 59.6 Å². The van der Waals surface area contributed by atoms with Crippen LogP contribution in [0.4, 0.5) is 0 Å². The van der Waals surface area contributed by atoms with Gasteiger partial charge in [0.25, 0.3) is 0 Å². The van der Waals surface area contributed by atoms with Crippen molar-refractivity contribution in [1.82, 2.24) is 4.57 Å². The molecule has 0 saturated heterocycles. The third-order valence-corrected chi connectivity index (χ3v) is 4.89. The second-order valence-electron chi connectivity index (χ2n) is 5.84. The summed E-state index contributed by atoms with van der Waals surface area (Å²) in [5.74, 6) is 0. The molecule has 1 aromatic carbocycles. The molecule has 0 amide bonds. The van der Waals surface area contributed by atoms with Gasteiger partial charge in [-0.1, -0.05) is 65.0 Å². The van der Waals surface area contributed by atoms with Gasteiger partial charge in [-0.3, -0.25) is 0 Å². The molecule has 1 atom stereocenters. The van der Waals surface area contributed by atoms with E-state index in [0.717, 1.165) is 10.9 Å². The van der Waals surface area contributed by atoms with E-state index in [4.69, 9.17) is 0 Å². The number of halogens is 1. The molecule has 2 heteroatoms. The van der Waals surface area contributed by atoms with Crippen LogP contribution in [-0.2, 0) is 5.54 Å². The maximum Gasteiger partial charge on any atom is 0.0644 e. The van der Waals surface area contributed by atoms with Gasteiger partial charge >= 0.3 is 0 Å². The summed E-state index contributed by atoms with van der Waals surface area (Å²) in [6, 6.07) is 8.59. The van der Waals surface area contributed by atoms with Gasteiger partial charge in [-0.15, -0.1) is 0 Å². The first-order chi connectivity index (χ1) is 10.6. The molecule has 0 radical (unpaired) electrons. The molecule has 0 bridgehead atoms. The lowest BCUT2D eigenvalue weighted by atomic mass is 9.92. The van der Waals surface area contributed by atoms with Gasteiger partial charge in [0.05, 0.1) is 5.54 Å². The SMILES string of the molecule is C=Cc1c(/C=C\C)c2ccccc2n1C1(C)C=CC(Br)=CC1. The number of rotatable bonds is 3. The van der Waals surface area contributed by atoms with Crippen molar-refractivity contribution in [2.45, 2.75) is 25.8 Å². The van der Waals surface area contributed by atoms with Crippen LogP contribution in [0.3, 0.4) is 0 Å². The lowest BCUT2D eigenvalue weighted by Crippen LogP contribution is -2.29. The average Bonchev–Trinajstić information content (AvgIpc) is 2.85. The lowest BCUT2D eigenvalue weighted by molar-refractivity contribution is 0.422. The zero-order valence-electron chi connectivity index (χ0n) is 13.0. The van der Waals surface area contributed by atoms with Crippen LogP contribution in [-0.4, -0.2) is 4.57 Å². The minimum atomic E-state index is -0.0831. The Hall–Kier alpha value is -1.80. The van der Waals surface area contributed by atoms with Crippen LogP contribution in [0, 0.1) is 0 Å². The van der Waals surface area contributed by atoms with Gasteiger partial charge in [0.1, 0.15) is 0 Å². The van der Waals surface area contributed by atoms with Gasteiger partial charge in [0, 0.05) is 26.6 Å². The van der Waals surface area contributed by atoms with Crippen LogP contribution in [0.25, 0.3) is 23.1 Å². The van der Waals surface area contributed by atoms with E-state index in [9.17, 15) is 0 Å². The Bertz CT molecular complexity index is 820. The third kappa shape index (κ3) is 2.32. The Morgan fingerprint density at radius 1 is 1.32 bits per heavy atom. The van der Waals surface area contributed by atoms with Crippen molar-refractivity contribution in [3.63, 3.8) is 0 Å². The number of hydrogen-bond donors (Lipinski definition) is 0. The summed E-state index contributed by atoms with van der Waals surface area (Å²) in [4.78, 5) is 0. The summed E-state index contributed by atoms with van der Waals surface area (Å²) < 4.78 is 3.56. The molecule has 1 heterocycles. The smallest absolute Gasteiger partial charge is 0.0644 e. The van der Waals surface area contributed by atoms with E-state index < -0.39 is 0 Å². The summed E-state index contributed by atoms with van der Waals surface area (Å²) in [5.41, 5.74) is 3.60. The minimum Gasteiger partial charge on any atom is -0.331 e. The second kappa shape index (κ2) is 5.77. The zero-order chi connectivity index (χ0) is 15.7. The van der Waals surface area contributed by atoms with E-state index in [2.05, 4.69) is 95.6 Å². The van der Waals surface area contributed by atoms with E-state index in [-0.39, 0.29) is 5.54 Å². The van der Waals surface area contributed by atoms with Gasteiger partial charge in [-0.05, 0) is 38.5 Å². The number of nitrogens with zero attached hydrogens (tertiary/aromatic N) is 1.